The molecule has 1 atom stereocenters. The predicted octanol–water partition coefficient (Wildman–Crippen LogP) is 3.52. The largest absolute Gasteiger partial charge is 0.325 e. The SMILES string of the molecule is CC1CCN([C@@H](C)C(=O)Nc2ccc3c(c2)C(=O)c2ccccc2C3=O)CC1. The fourth-order valence-electron chi connectivity index (χ4n) is 4.01. The van der Waals surface area contributed by atoms with Crippen LogP contribution in [0.2, 0.25) is 0 Å². The number of fused-ring (bicyclic) bond motifs is 2. The highest BCUT2D eigenvalue weighted by molar-refractivity contribution is 6.28. The molecule has 1 N–H and O–H groups in total. The molecule has 1 amide bonds. The van der Waals surface area contributed by atoms with E-state index in [2.05, 4.69) is 17.1 Å². The summed E-state index contributed by atoms with van der Waals surface area (Å²) in [6.07, 6.45) is 2.21. The van der Waals surface area contributed by atoms with Gasteiger partial charge in [0, 0.05) is 27.9 Å². The first-order valence-corrected chi connectivity index (χ1v) is 9.83. The van der Waals surface area contributed by atoms with Gasteiger partial charge in [-0.05, 0) is 57.0 Å². The van der Waals surface area contributed by atoms with Gasteiger partial charge in [-0.3, -0.25) is 19.3 Å². The Hall–Kier alpha value is -2.79. The third-order valence-electron chi connectivity index (χ3n) is 5.94. The third-order valence-corrected chi connectivity index (χ3v) is 5.94. The third kappa shape index (κ3) is 3.27. The van der Waals surface area contributed by atoms with Crippen molar-refractivity contribution in [3.8, 4) is 0 Å². The molecule has 1 heterocycles. The molecule has 144 valence electrons. The van der Waals surface area contributed by atoms with E-state index in [1.165, 1.54) is 0 Å². The van der Waals surface area contributed by atoms with Crippen LogP contribution in [0.3, 0.4) is 0 Å². The normalized spacial score (nSPS) is 18.4. The molecule has 2 aliphatic rings. The van der Waals surface area contributed by atoms with E-state index in [1.807, 2.05) is 6.92 Å². The number of hydrogen-bond donors (Lipinski definition) is 1. The van der Waals surface area contributed by atoms with E-state index < -0.39 is 0 Å². The number of rotatable bonds is 3. The van der Waals surface area contributed by atoms with Crippen molar-refractivity contribution in [3.05, 3.63) is 64.7 Å². The molecule has 2 aromatic carbocycles. The summed E-state index contributed by atoms with van der Waals surface area (Å²) in [7, 11) is 0. The summed E-state index contributed by atoms with van der Waals surface area (Å²) < 4.78 is 0. The first-order chi connectivity index (χ1) is 13.5. The van der Waals surface area contributed by atoms with Gasteiger partial charge in [0.25, 0.3) is 0 Å². The van der Waals surface area contributed by atoms with E-state index in [9.17, 15) is 14.4 Å². The molecule has 5 nitrogen and oxygen atoms in total. The fraction of sp³-hybridized carbons (Fsp3) is 0.348. The highest BCUT2D eigenvalue weighted by Gasteiger charge is 2.30. The van der Waals surface area contributed by atoms with E-state index in [0.717, 1.165) is 25.9 Å². The first kappa shape index (κ1) is 18.6. The van der Waals surface area contributed by atoms with Gasteiger partial charge < -0.3 is 5.32 Å². The van der Waals surface area contributed by atoms with Gasteiger partial charge in [-0.25, -0.2) is 0 Å². The maximum absolute atomic E-state index is 12.8. The van der Waals surface area contributed by atoms with Crippen LogP contribution in [0.1, 0.15) is 58.5 Å². The molecule has 0 aromatic heterocycles. The number of benzene rings is 2. The van der Waals surface area contributed by atoms with Crippen LogP contribution in [0, 0.1) is 5.92 Å². The molecule has 28 heavy (non-hydrogen) atoms. The zero-order chi connectivity index (χ0) is 19.8. The van der Waals surface area contributed by atoms with Crippen molar-refractivity contribution in [2.24, 2.45) is 5.92 Å². The molecule has 1 saturated heterocycles. The molecule has 1 aliphatic carbocycles. The summed E-state index contributed by atoms with van der Waals surface area (Å²) in [6.45, 7) is 5.99. The van der Waals surface area contributed by atoms with Gasteiger partial charge >= 0.3 is 0 Å². The first-order valence-electron chi connectivity index (χ1n) is 9.83. The van der Waals surface area contributed by atoms with Gasteiger partial charge in [0.05, 0.1) is 6.04 Å². The smallest absolute Gasteiger partial charge is 0.241 e. The van der Waals surface area contributed by atoms with Crippen molar-refractivity contribution in [1.82, 2.24) is 4.90 Å². The van der Waals surface area contributed by atoms with Gasteiger partial charge in [0.2, 0.25) is 5.91 Å². The Kier molecular flexibility index (Phi) is 4.85. The molecule has 1 fully saturated rings. The fourth-order valence-corrected chi connectivity index (χ4v) is 4.01. The van der Waals surface area contributed by atoms with Crippen molar-refractivity contribution in [2.45, 2.75) is 32.7 Å². The molecule has 0 saturated carbocycles. The highest BCUT2D eigenvalue weighted by atomic mass is 16.2. The molecular formula is C23H24N2O3. The summed E-state index contributed by atoms with van der Waals surface area (Å²) in [5.74, 6) is 0.279. The maximum atomic E-state index is 12.8. The van der Waals surface area contributed by atoms with Crippen LogP contribution < -0.4 is 5.32 Å². The second kappa shape index (κ2) is 7.32. The van der Waals surface area contributed by atoms with E-state index in [4.69, 9.17) is 0 Å². The molecule has 0 radical (unpaired) electrons. The minimum atomic E-state index is -0.235. The number of carbonyl (C=O) groups excluding carboxylic acids is 3. The van der Waals surface area contributed by atoms with Crippen LogP contribution in [0.25, 0.3) is 0 Å². The Balaban J connectivity index is 1.54. The predicted molar refractivity (Wildman–Crippen MR) is 108 cm³/mol. The minimum Gasteiger partial charge on any atom is -0.325 e. The molecule has 1 aliphatic heterocycles. The van der Waals surface area contributed by atoms with Crippen LogP contribution in [0.15, 0.2) is 42.5 Å². The van der Waals surface area contributed by atoms with Crippen LogP contribution in [-0.4, -0.2) is 41.5 Å². The Morgan fingerprint density at radius 1 is 0.964 bits per heavy atom. The van der Waals surface area contributed by atoms with Gasteiger partial charge in [-0.2, -0.15) is 0 Å². The van der Waals surface area contributed by atoms with Crippen molar-refractivity contribution in [1.29, 1.82) is 0 Å². The van der Waals surface area contributed by atoms with Crippen molar-refractivity contribution in [3.63, 3.8) is 0 Å². The number of ketones is 2. The van der Waals surface area contributed by atoms with Crippen LogP contribution in [-0.2, 0) is 4.79 Å². The number of piperidine rings is 1. The second-order valence-corrected chi connectivity index (χ2v) is 7.85. The van der Waals surface area contributed by atoms with Crippen LogP contribution >= 0.6 is 0 Å². The molecule has 4 rings (SSSR count). The number of nitrogens with one attached hydrogen (secondary N) is 1. The lowest BCUT2D eigenvalue weighted by atomic mass is 9.84. The number of hydrogen-bond acceptors (Lipinski definition) is 4. The van der Waals surface area contributed by atoms with E-state index in [-0.39, 0.29) is 23.5 Å². The number of likely N-dealkylation sites (tertiary alicyclic amines) is 1. The molecule has 0 unspecified atom stereocenters. The standard InChI is InChI=1S/C23H24N2O3/c1-14-9-11-25(12-10-14)15(2)23(28)24-16-7-8-19-20(13-16)22(27)18-6-4-3-5-17(18)21(19)26/h3-8,13-15H,9-12H2,1-2H3,(H,24,28)/t15-/m0/s1. The zero-order valence-electron chi connectivity index (χ0n) is 16.2. The minimum absolute atomic E-state index is 0.0931. The van der Waals surface area contributed by atoms with Gasteiger partial charge in [0.1, 0.15) is 0 Å². The lowest BCUT2D eigenvalue weighted by Gasteiger charge is -2.34. The number of nitrogens with zero attached hydrogens (tertiary/aromatic N) is 1. The van der Waals surface area contributed by atoms with Gasteiger partial charge in [0.15, 0.2) is 11.6 Å². The summed E-state index contributed by atoms with van der Waals surface area (Å²) >= 11 is 0. The van der Waals surface area contributed by atoms with E-state index >= 15 is 0 Å². The zero-order valence-corrected chi connectivity index (χ0v) is 16.2. The quantitative estimate of drug-likeness (QED) is 0.760. The van der Waals surface area contributed by atoms with Crippen molar-refractivity contribution >= 4 is 23.2 Å². The monoisotopic (exact) mass is 376 g/mol. The summed E-state index contributed by atoms with van der Waals surface area (Å²) in [5, 5.41) is 2.92. The van der Waals surface area contributed by atoms with Crippen molar-refractivity contribution < 1.29 is 14.4 Å². The van der Waals surface area contributed by atoms with Crippen LogP contribution in [0.5, 0.6) is 0 Å². The molecule has 5 heteroatoms. The Labute approximate surface area is 164 Å². The van der Waals surface area contributed by atoms with Gasteiger partial charge in [-0.15, -0.1) is 0 Å². The molecule has 0 bridgehead atoms. The maximum Gasteiger partial charge on any atom is 0.241 e. The Morgan fingerprint density at radius 2 is 1.54 bits per heavy atom. The number of amides is 1. The lowest BCUT2D eigenvalue weighted by molar-refractivity contribution is -0.121. The topological polar surface area (TPSA) is 66.5 Å². The molecule has 2 aromatic rings. The summed E-state index contributed by atoms with van der Waals surface area (Å²) in [6, 6.07) is 11.6. The summed E-state index contributed by atoms with van der Waals surface area (Å²) in [4.78, 5) is 40.4. The highest BCUT2D eigenvalue weighted by Crippen LogP contribution is 2.29. The molecular weight excluding hydrogens is 352 g/mol. The van der Waals surface area contributed by atoms with Crippen LogP contribution in [0.4, 0.5) is 5.69 Å². The van der Waals surface area contributed by atoms with E-state index in [0.29, 0.717) is 33.9 Å². The lowest BCUT2D eigenvalue weighted by Crippen LogP contribution is -2.45. The van der Waals surface area contributed by atoms with Gasteiger partial charge in [-0.1, -0.05) is 31.2 Å². The average Bonchev–Trinajstić information content (AvgIpc) is 2.72. The molecule has 0 spiro atoms. The Morgan fingerprint density at radius 3 is 2.18 bits per heavy atom. The summed E-state index contributed by atoms with van der Waals surface area (Å²) in [5.41, 5.74) is 2.13. The van der Waals surface area contributed by atoms with Crippen molar-refractivity contribution in [2.75, 3.05) is 18.4 Å². The average molecular weight is 376 g/mol. The number of carbonyl (C=O) groups is 3. The van der Waals surface area contributed by atoms with E-state index in [1.54, 1.807) is 42.5 Å². The Bertz CT molecular complexity index is 958. The second-order valence-electron chi connectivity index (χ2n) is 7.85. The number of anilines is 1.